The molecule has 0 fully saturated rings. The normalized spacial score (nSPS) is 10.3. The first kappa shape index (κ1) is 10.6. The van der Waals surface area contributed by atoms with Crippen LogP contribution >= 0.6 is 34.7 Å². The van der Waals surface area contributed by atoms with E-state index in [-0.39, 0.29) is 0 Å². The van der Waals surface area contributed by atoms with Gasteiger partial charge in [0.1, 0.15) is 0 Å². The fourth-order valence-electron chi connectivity index (χ4n) is 1.17. The highest BCUT2D eigenvalue weighted by atomic mass is 35.5. The second-order valence-electron chi connectivity index (χ2n) is 2.86. The number of carbonyl (C=O) groups is 1. The Kier molecular flexibility index (Phi) is 3.05. The van der Waals surface area contributed by atoms with Gasteiger partial charge in [-0.3, -0.25) is 4.79 Å². The van der Waals surface area contributed by atoms with Crippen molar-refractivity contribution >= 4 is 41.0 Å². The lowest BCUT2D eigenvalue weighted by Gasteiger charge is -1.99. The highest BCUT2D eigenvalue weighted by molar-refractivity contribution is 7.07. The zero-order valence-corrected chi connectivity index (χ0v) is 9.73. The molecule has 0 bridgehead atoms. The standard InChI is InChI=1S/C10H5Cl2NOS/c11-6-1-2-8(9(12)3-6)10-4-7(5-14)15-13-10/h1-5H. The molecule has 2 rings (SSSR count). The van der Waals surface area contributed by atoms with E-state index in [9.17, 15) is 4.79 Å². The summed E-state index contributed by atoms with van der Waals surface area (Å²) in [7, 11) is 0. The Morgan fingerprint density at radius 2 is 2.07 bits per heavy atom. The summed E-state index contributed by atoms with van der Waals surface area (Å²) in [5.41, 5.74) is 1.48. The molecule has 15 heavy (non-hydrogen) atoms. The van der Waals surface area contributed by atoms with E-state index in [1.807, 2.05) is 0 Å². The molecule has 0 aliphatic rings. The second kappa shape index (κ2) is 4.31. The smallest absolute Gasteiger partial charge is 0.161 e. The van der Waals surface area contributed by atoms with Crippen molar-refractivity contribution in [2.45, 2.75) is 0 Å². The van der Waals surface area contributed by atoms with Crippen LogP contribution in [0.2, 0.25) is 10.0 Å². The molecule has 5 heteroatoms. The van der Waals surface area contributed by atoms with Crippen LogP contribution in [0.4, 0.5) is 0 Å². The Labute approximate surface area is 101 Å². The molecule has 0 aliphatic heterocycles. The zero-order valence-electron chi connectivity index (χ0n) is 7.41. The van der Waals surface area contributed by atoms with Crippen molar-refractivity contribution in [3.05, 3.63) is 39.2 Å². The first-order valence-corrected chi connectivity index (χ1v) is 5.61. The monoisotopic (exact) mass is 257 g/mol. The van der Waals surface area contributed by atoms with Crippen molar-refractivity contribution in [3.63, 3.8) is 0 Å². The number of aromatic nitrogens is 1. The van der Waals surface area contributed by atoms with Gasteiger partial charge in [0.2, 0.25) is 0 Å². The lowest BCUT2D eigenvalue weighted by molar-refractivity contribution is 0.112. The Morgan fingerprint density at radius 1 is 1.27 bits per heavy atom. The van der Waals surface area contributed by atoms with Crippen molar-refractivity contribution in [2.24, 2.45) is 0 Å². The highest BCUT2D eigenvalue weighted by Crippen LogP contribution is 2.30. The Hall–Kier alpha value is -0.900. The minimum atomic E-state index is 0.533. The molecule has 0 saturated carbocycles. The molecule has 76 valence electrons. The van der Waals surface area contributed by atoms with Crippen LogP contribution in [-0.4, -0.2) is 10.7 Å². The summed E-state index contributed by atoms with van der Waals surface area (Å²) in [6.45, 7) is 0. The summed E-state index contributed by atoms with van der Waals surface area (Å²) < 4.78 is 4.13. The van der Waals surface area contributed by atoms with Gasteiger partial charge >= 0.3 is 0 Å². The first-order chi connectivity index (χ1) is 7.20. The summed E-state index contributed by atoms with van der Waals surface area (Å²) in [5.74, 6) is 0. The Morgan fingerprint density at radius 3 is 2.67 bits per heavy atom. The Balaban J connectivity index is 2.49. The average molecular weight is 258 g/mol. The van der Waals surface area contributed by atoms with Gasteiger partial charge in [0, 0.05) is 10.6 Å². The number of carbonyl (C=O) groups excluding carboxylic acids is 1. The molecule has 2 nitrogen and oxygen atoms in total. The van der Waals surface area contributed by atoms with Gasteiger partial charge in [-0.2, -0.15) is 4.37 Å². The molecule has 0 amide bonds. The van der Waals surface area contributed by atoms with Crippen LogP contribution in [0.25, 0.3) is 11.3 Å². The molecule has 0 radical (unpaired) electrons. The molecule has 0 unspecified atom stereocenters. The third-order valence-corrected chi connectivity index (χ3v) is 3.11. The van der Waals surface area contributed by atoms with Crippen LogP contribution in [-0.2, 0) is 0 Å². The third-order valence-electron chi connectivity index (χ3n) is 1.85. The number of nitrogens with zero attached hydrogens (tertiary/aromatic N) is 1. The van der Waals surface area contributed by atoms with Crippen LogP contribution in [0.15, 0.2) is 24.3 Å². The van der Waals surface area contributed by atoms with Crippen LogP contribution in [0, 0.1) is 0 Å². The molecular formula is C10H5Cl2NOS. The molecule has 2 aromatic rings. The fourth-order valence-corrected chi connectivity index (χ4v) is 2.24. The topological polar surface area (TPSA) is 30.0 Å². The summed E-state index contributed by atoms with van der Waals surface area (Å²) in [6, 6.07) is 6.88. The van der Waals surface area contributed by atoms with Crippen LogP contribution in [0.5, 0.6) is 0 Å². The molecule has 1 aromatic heterocycles. The Bertz CT molecular complexity index is 510. The van der Waals surface area contributed by atoms with Crippen molar-refractivity contribution < 1.29 is 4.79 Å². The van der Waals surface area contributed by atoms with Crippen LogP contribution in [0.3, 0.4) is 0 Å². The summed E-state index contributed by atoms with van der Waals surface area (Å²) in [6.07, 6.45) is 0.769. The van der Waals surface area contributed by atoms with Crippen molar-refractivity contribution in [3.8, 4) is 11.3 Å². The van der Waals surface area contributed by atoms with Gasteiger partial charge in [-0.25, -0.2) is 0 Å². The number of hydrogen-bond acceptors (Lipinski definition) is 3. The van der Waals surface area contributed by atoms with Crippen LogP contribution in [0.1, 0.15) is 9.67 Å². The van der Waals surface area contributed by atoms with E-state index in [0.29, 0.717) is 20.6 Å². The van der Waals surface area contributed by atoms with Gasteiger partial charge in [-0.15, -0.1) is 0 Å². The van der Waals surface area contributed by atoms with Crippen molar-refractivity contribution in [1.29, 1.82) is 0 Å². The predicted molar refractivity (Wildman–Crippen MR) is 63.0 cm³/mol. The van der Waals surface area contributed by atoms with Gasteiger partial charge < -0.3 is 0 Å². The maximum absolute atomic E-state index is 10.5. The quantitative estimate of drug-likeness (QED) is 0.764. The number of rotatable bonds is 2. The predicted octanol–water partition coefficient (Wildman–Crippen LogP) is 3.93. The number of aldehydes is 1. The molecular weight excluding hydrogens is 253 g/mol. The molecule has 0 saturated heterocycles. The summed E-state index contributed by atoms with van der Waals surface area (Å²) in [5, 5.41) is 1.11. The molecule has 1 aromatic carbocycles. The van der Waals surface area contributed by atoms with Crippen molar-refractivity contribution in [2.75, 3.05) is 0 Å². The zero-order chi connectivity index (χ0) is 10.8. The lowest BCUT2D eigenvalue weighted by atomic mass is 10.1. The fraction of sp³-hybridized carbons (Fsp3) is 0. The largest absolute Gasteiger partial charge is 0.297 e. The summed E-state index contributed by atoms with van der Waals surface area (Å²) >= 11 is 12.9. The molecule has 0 atom stereocenters. The number of halogens is 2. The van der Waals surface area contributed by atoms with E-state index < -0.39 is 0 Å². The molecule has 0 spiro atoms. The van der Waals surface area contributed by atoms with Gasteiger partial charge in [0.15, 0.2) is 6.29 Å². The lowest BCUT2D eigenvalue weighted by Crippen LogP contribution is -1.78. The van der Waals surface area contributed by atoms with E-state index in [1.165, 1.54) is 0 Å². The van der Waals surface area contributed by atoms with Gasteiger partial charge in [-0.05, 0) is 35.8 Å². The van der Waals surface area contributed by atoms with Gasteiger partial charge in [0.05, 0.1) is 15.6 Å². The maximum atomic E-state index is 10.5. The minimum Gasteiger partial charge on any atom is -0.297 e. The highest BCUT2D eigenvalue weighted by Gasteiger charge is 2.08. The molecule has 1 heterocycles. The molecule has 0 aliphatic carbocycles. The van der Waals surface area contributed by atoms with E-state index >= 15 is 0 Å². The minimum absolute atomic E-state index is 0.533. The van der Waals surface area contributed by atoms with E-state index in [4.69, 9.17) is 23.2 Å². The third kappa shape index (κ3) is 2.20. The van der Waals surface area contributed by atoms with E-state index in [2.05, 4.69) is 4.37 Å². The van der Waals surface area contributed by atoms with Crippen molar-refractivity contribution in [1.82, 2.24) is 4.37 Å². The second-order valence-corrected chi connectivity index (χ2v) is 4.54. The van der Waals surface area contributed by atoms with E-state index in [0.717, 1.165) is 23.4 Å². The SMILES string of the molecule is O=Cc1cc(-c2ccc(Cl)cc2Cl)ns1. The van der Waals surface area contributed by atoms with Gasteiger partial charge in [-0.1, -0.05) is 23.2 Å². The average Bonchev–Trinajstić information content (AvgIpc) is 2.66. The summed E-state index contributed by atoms with van der Waals surface area (Å²) in [4.78, 5) is 11.1. The first-order valence-electron chi connectivity index (χ1n) is 4.08. The van der Waals surface area contributed by atoms with E-state index in [1.54, 1.807) is 24.3 Å². The van der Waals surface area contributed by atoms with Gasteiger partial charge in [0.25, 0.3) is 0 Å². The van der Waals surface area contributed by atoms with Crippen LogP contribution < -0.4 is 0 Å². The molecule has 0 N–H and O–H groups in total. The number of benzene rings is 1. The number of hydrogen-bond donors (Lipinski definition) is 0. The maximum Gasteiger partial charge on any atom is 0.161 e.